The first-order chi connectivity index (χ1) is 13.0. The van der Waals surface area contributed by atoms with E-state index in [9.17, 15) is 12.8 Å². The fraction of sp³-hybridized carbons (Fsp3) is 0.278. The molecule has 27 heavy (non-hydrogen) atoms. The number of nitrogens with zero attached hydrogens (tertiary/aromatic N) is 3. The first-order valence-electron chi connectivity index (χ1n) is 8.49. The second kappa shape index (κ2) is 7.51. The van der Waals surface area contributed by atoms with Gasteiger partial charge in [0.1, 0.15) is 5.82 Å². The minimum absolute atomic E-state index is 0.125. The van der Waals surface area contributed by atoms with E-state index in [-0.39, 0.29) is 4.90 Å². The SMILES string of the molecule is O=S(=O)(c1ccc(F)cc1)N1CCN(Cc2csc(-c3ccco3)n2)CC1. The zero-order valence-electron chi connectivity index (χ0n) is 14.4. The fourth-order valence-electron chi connectivity index (χ4n) is 3.01. The highest BCUT2D eigenvalue weighted by Gasteiger charge is 2.28. The topological polar surface area (TPSA) is 66.7 Å². The largest absolute Gasteiger partial charge is 0.462 e. The number of benzene rings is 1. The molecular weight excluding hydrogens is 389 g/mol. The Kier molecular flexibility index (Phi) is 5.09. The molecule has 3 aromatic rings. The van der Waals surface area contributed by atoms with Crippen molar-refractivity contribution >= 4 is 21.4 Å². The molecule has 0 atom stereocenters. The van der Waals surface area contributed by atoms with Gasteiger partial charge in [-0.1, -0.05) is 0 Å². The Hall–Kier alpha value is -2.07. The molecule has 0 bridgehead atoms. The molecule has 6 nitrogen and oxygen atoms in total. The van der Waals surface area contributed by atoms with Crippen LogP contribution in [0, 0.1) is 5.82 Å². The molecule has 3 heterocycles. The summed E-state index contributed by atoms with van der Waals surface area (Å²) in [6, 6.07) is 8.66. The van der Waals surface area contributed by atoms with Crippen molar-refractivity contribution in [1.29, 1.82) is 0 Å². The Morgan fingerprint density at radius 3 is 2.52 bits per heavy atom. The zero-order chi connectivity index (χ0) is 18.9. The van der Waals surface area contributed by atoms with Crippen molar-refractivity contribution in [3.63, 3.8) is 0 Å². The molecule has 2 aromatic heterocycles. The van der Waals surface area contributed by atoms with Crippen LogP contribution in [-0.4, -0.2) is 48.8 Å². The van der Waals surface area contributed by atoms with Crippen molar-refractivity contribution < 1.29 is 17.2 Å². The van der Waals surface area contributed by atoms with Gasteiger partial charge in [-0.25, -0.2) is 17.8 Å². The van der Waals surface area contributed by atoms with Crippen molar-refractivity contribution in [1.82, 2.24) is 14.2 Å². The van der Waals surface area contributed by atoms with E-state index < -0.39 is 15.8 Å². The monoisotopic (exact) mass is 407 g/mol. The van der Waals surface area contributed by atoms with Crippen molar-refractivity contribution in [2.24, 2.45) is 0 Å². The molecule has 9 heteroatoms. The van der Waals surface area contributed by atoms with Gasteiger partial charge in [-0.2, -0.15) is 4.31 Å². The summed E-state index contributed by atoms with van der Waals surface area (Å²) in [6.45, 7) is 2.70. The van der Waals surface area contributed by atoms with E-state index >= 15 is 0 Å². The maximum atomic E-state index is 13.0. The molecule has 4 rings (SSSR count). The van der Waals surface area contributed by atoms with E-state index in [0.717, 1.165) is 16.5 Å². The molecule has 1 saturated heterocycles. The molecule has 1 aliphatic heterocycles. The van der Waals surface area contributed by atoms with Crippen LogP contribution in [0.2, 0.25) is 0 Å². The first kappa shape index (κ1) is 18.3. The van der Waals surface area contributed by atoms with E-state index in [0.29, 0.717) is 32.7 Å². The lowest BCUT2D eigenvalue weighted by Gasteiger charge is -2.33. The Morgan fingerprint density at radius 2 is 1.85 bits per heavy atom. The van der Waals surface area contributed by atoms with Gasteiger partial charge in [0.15, 0.2) is 10.8 Å². The van der Waals surface area contributed by atoms with Crippen LogP contribution >= 0.6 is 11.3 Å². The van der Waals surface area contributed by atoms with Crippen molar-refractivity contribution in [2.75, 3.05) is 26.2 Å². The highest BCUT2D eigenvalue weighted by Crippen LogP contribution is 2.25. The number of hydrogen-bond donors (Lipinski definition) is 0. The third-order valence-electron chi connectivity index (χ3n) is 4.45. The number of aromatic nitrogens is 1. The number of thiazole rings is 1. The van der Waals surface area contributed by atoms with Gasteiger partial charge >= 0.3 is 0 Å². The molecular formula is C18H18FN3O3S2. The van der Waals surface area contributed by atoms with E-state index in [2.05, 4.69) is 9.88 Å². The molecule has 0 saturated carbocycles. The number of furan rings is 1. The molecule has 1 aliphatic rings. The van der Waals surface area contributed by atoms with Gasteiger partial charge in [0.25, 0.3) is 0 Å². The smallest absolute Gasteiger partial charge is 0.243 e. The summed E-state index contributed by atoms with van der Waals surface area (Å²) in [7, 11) is -3.59. The van der Waals surface area contributed by atoms with Crippen molar-refractivity contribution in [3.8, 4) is 10.8 Å². The maximum Gasteiger partial charge on any atom is 0.243 e. The maximum absolute atomic E-state index is 13.0. The number of halogens is 1. The summed E-state index contributed by atoms with van der Waals surface area (Å²) < 4.78 is 45.2. The number of hydrogen-bond acceptors (Lipinski definition) is 6. The lowest BCUT2D eigenvalue weighted by Crippen LogP contribution is -2.48. The van der Waals surface area contributed by atoms with Crippen LogP contribution in [0.1, 0.15) is 5.69 Å². The van der Waals surface area contributed by atoms with Crippen LogP contribution in [0.5, 0.6) is 0 Å². The van der Waals surface area contributed by atoms with E-state index in [1.165, 1.54) is 39.9 Å². The molecule has 0 N–H and O–H groups in total. The van der Waals surface area contributed by atoms with Crippen LogP contribution in [0.15, 0.2) is 57.4 Å². The van der Waals surface area contributed by atoms with E-state index in [4.69, 9.17) is 4.42 Å². The molecule has 1 aromatic carbocycles. The predicted octanol–water partition coefficient (Wildman–Crippen LogP) is 3.05. The lowest BCUT2D eigenvalue weighted by atomic mass is 10.3. The summed E-state index contributed by atoms with van der Waals surface area (Å²) in [5.74, 6) is 0.303. The Bertz CT molecular complexity index is 993. The average molecular weight is 407 g/mol. The van der Waals surface area contributed by atoms with Crippen LogP contribution in [-0.2, 0) is 16.6 Å². The summed E-state index contributed by atoms with van der Waals surface area (Å²) in [4.78, 5) is 6.89. The Morgan fingerprint density at radius 1 is 1.11 bits per heavy atom. The molecule has 1 fully saturated rings. The third kappa shape index (κ3) is 3.96. The highest BCUT2D eigenvalue weighted by molar-refractivity contribution is 7.89. The van der Waals surface area contributed by atoms with Gasteiger partial charge in [0.2, 0.25) is 10.0 Å². The summed E-state index contributed by atoms with van der Waals surface area (Å²) in [5, 5.41) is 2.84. The predicted molar refractivity (Wildman–Crippen MR) is 100 cm³/mol. The van der Waals surface area contributed by atoms with Crippen molar-refractivity contribution in [3.05, 3.63) is 59.6 Å². The van der Waals surface area contributed by atoms with Crippen molar-refractivity contribution in [2.45, 2.75) is 11.4 Å². The van der Waals surface area contributed by atoms with Crippen LogP contribution < -0.4 is 0 Å². The summed E-state index contributed by atoms with van der Waals surface area (Å²) in [6.07, 6.45) is 1.62. The van der Waals surface area contributed by atoms with E-state index in [1.807, 2.05) is 17.5 Å². The minimum atomic E-state index is -3.59. The Balaban J connectivity index is 1.37. The fourth-order valence-corrected chi connectivity index (χ4v) is 5.21. The lowest BCUT2D eigenvalue weighted by molar-refractivity contribution is 0.180. The molecule has 0 spiro atoms. The minimum Gasteiger partial charge on any atom is -0.462 e. The van der Waals surface area contributed by atoms with Gasteiger partial charge in [-0.05, 0) is 36.4 Å². The highest BCUT2D eigenvalue weighted by atomic mass is 32.2. The molecule has 0 unspecified atom stereocenters. The van der Waals surface area contributed by atoms with Crippen LogP contribution in [0.3, 0.4) is 0 Å². The first-order valence-corrected chi connectivity index (χ1v) is 10.8. The van der Waals surface area contributed by atoms with Gasteiger partial charge in [-0.3, -0.25) is 4.90 Å². The Labute approximate surface area is 160 Å². The van der Waals surface area contributed by atoms with Crippen LogP contribution in [0.25, 0.3) is 10.8 Å². The zero-order valence-corrected chi connectivity index (χ0v) is 16.0. The standard InChI is InChI=1S/C18H18FN3O3S2/c19-14-3-5-16(6-4-14)27(23,24)22-9-7-21(8-10-22)12-15-13-26-18(20-15)17-2-1-11-25-17/h1-6,11,13H,7-10,12H2. The molecule has 0 aliphatic carbocycles. The molecule has 142 valence electrons. The second-order valence-electron chi connectivity index (χ2n) is 6.26. The molecule has 0 radical (unpaired) electrons. The number of piperazine rings is 1. The number of rotatable bonds is 5. The van der Waals surface area contributed by atoms with Gasteiger partial charge in [-0.15, -0.1) is 11.3 Å². The van der Waals surface area contributed by atoms with Gasteiger partial charge < -0.3 is 4.42 Å². The summed E-state index contributed by atoms with van der Waals surface area (Å²) in [5.41, 5.74) is 0.946. The third-order valence-corrected chi connectivity index (χ3v) is 7.27. The number of sulfonamides is 1. The average Bonchev–Trinajstić information content (AvgIpc) is 3.34. The molecule has 0 amide bonds. The normalized spacial score (nSPS) is 16.6. The quantitative estimate of drug-likeness (QED) is 0.650. The van der Waals surface area contributed by atoms with E-state index in [1.54, 1.807) is 6.26 Å². The summed E-state index contributed by atoms with van der Waals surface area (Å²) >= 11 is 1.53. The van der Waals surface area contributed by atoms with Gasteiger partial charge in [0.05, 0.1) is 16.9 Å². The van der Waals surface area contributed by atoms with Crippen LogP contribution in [0.4, 0.5) is 4.39 Å². The van der Waals surface area contributed by atoms with Gasteiger partial charge in [0, 0.05) is 38.1 Å². The second-order valence-corrected chi connectivity index (χ2v) is 9.05.